The summed E-state index contributed by atoms with van der Waals surface area (Å²) in [6.07, 6.45) is 0.938. The minimum atomic E-state index is -4.95. The van der Waals surface area contributed by atoms with Crippen LogP contribution in [0.5, 0.6) is 0 Å². The number of urea groups is 1. The Morgan fingerprint density at radius 3 is 2.52 bits per heavy atom. The van der Waals surface area contributed by atoms with E-state index in [0.717, 1.165) is 4.90 Å². The molecule has 4 amide bonds. The quantitative estimate of drug-likeness (QED) is 0.370. The van der Waals surface area contributed by atoms with Crippen LogP contribution in [0, 0.1) is 0 Å². The van der Waals surface area contributed by atoms with Crippen LogP contribution in [0.2, 0.25) is 0 Å². The summed E-state index contributed by atoms with van der Waals surface area (Å²) in [5.41, 5.74) is 10.4. The van der Waals surface area contributed by atoms with E-state index < -0.39 is 40.3 Å². The van der Waals surface area contributed by atoms with E-state index in [4.69, 9.17) is 16.0 Å². The predicted molar refractivity (Wildman–Crippen MR) is 65.2 cm³/mol. The van der Waals surface area contributed by atoms with Gasteiger partial charge in [0.05, 0.1) is 6.54 Å². The number of fused-ring (bicyclic) bond motifs is 2. The Balaban J connectivity index is 2.39. The van der Waals surface area contributed by atoms with E-state index in [-0.39, 0.29) is 18.5 Å². The lowest BCUT2D eigenvalue weighted by Crippen LogP contribution is -2.47. The maximum Gasteiger partial charge on any atom is 0.418 e. The van der Waals surface area contributed by atoms with Crippen molar-refractivity contribution in [3.05, 3.63) is 11.6 Å². The maximum atomic E-state index is 12.0. The Morgan fingerprint density at radius 2 is 2.05 bits per heavy atom. The predicted octanol–water partition coefficient (Wildman–Crippen LogP) is -2.50. The molecule has 2 rings (SSSR count). The zero-order valence-corrected chi connectivity index (χ0v) is 11.3. The summed E-state index contributed by atoms with van der Waals surface area (Å²) in [7, 11) is -4.95. The molecule has 0 aromatic carbocycles. The lowest BCUT2D eigenvalue weighted by atomic mass is 9.96. The van der Waals surface area contributed by atoms with Crippen molar-refractivity contribution in [1.82, 2.24) is 9.96 Å². The third kappa shape index (κ3) is 2.96. The fourth-order valence-electron chi connectivity index (χ4n) is 2.30. The van der Waals surface area contributed by atoms with Crippen molar-refractivity contribution < 1.29 is 31.6 Å². The molecule has 0 saturated carbocycles. The zero-order valence-electron chi connectivity index (χ0n) is 10.5. The standard InChI is InChI=1S/C9H12N4O7S/c10-7(14)2-4-1-5(8(11)15)12-3-6(4)13(9(12)16)20-21(17,18)19/h1,5-6H,2-3H2,(H2,10,14)(H2,11,15)(H,17,18,19)/t5-,6+/m0/s1. The molecule has 5 N–H and O–H groups in total. The highest BCUT2D eigenvalue weighted by molar-refractivity contribution is 7.80. The minimum Gasteiger partial charge on any atom is -0.369 e. The lowest BCUT2D eigenvalue weighted by Gasteiger charge is -2.27. The highest BCUT2D eigenvalue weighted by atomic mass is 32.3. The number of rotatable bonds is 5. The molecule has 12 heteroatoms. The molecule has 1 saturated heterocycles. The van der Waals surface area contributed by atoms with E-state index in [2.05, 4.69) is 4.28 Å². The molecule has 21 heavy (non-hydrogen) atoms. The number of nitrogens with two attached hydrogens (primary N) is 2. The fourth-order valence-corrected chi connectivity index (χ4v) is 2.67. The second-order valence-corrected chi connectivity index (χ2v) is 5.52. The van der Waals surface area contributed by atoms with Crippen LogP contribution in [0.3, 0.4) is 0 Å². The Labute approximate surface area is 119 Å². The van der Waals surface area contributed by atoms with Crippen LogP contribution in [0.1, 0.15) is 6.42 Å². The van der Waals surface area contributed by atoms with Crippen LogP contribution in [0.4, 0.5) is 4.79 Å². The first-order valence-corrected chi connectivity index (χ1v) is 7.01. The highest BCUT2D eigenvalue weighted by Gasteiger charge is 2.49. The van der Waals surface area contributed by atoms with E-state index in [1.54, 1.807) is 0 Å². The Hall–Kier alpha value is -2.18. The van der Waals surface area contributed by atoms with Crippen molar-refractivity contribution in [3.63, 3.8) is 0 Å². The molecule has 1 fully saturated rings. The number of hydrogen-bond donors (Lipinski definition) is 3. The molecule has 0 spiro atoms. The molecule has 0 unspecified atom stereocenters. The van der Waals surface area contributed by atoms with Crippen LogP contribution in [0.15, 0.2) is 11.6 Å². The summed E-state index contributed by atoms with van der Waals surface area (Å²) in [6.45, 7) is -0.124. The lowest BCUT2D eigenvalue weighted by molar-refractivity contribution is -0.121. The van der Waals surface area contributed by atoms with E-state index >= 15 is 0 Å². The van der Waals surface area contributed by atoms with Crippen LogP contribution in [-0.2, 0) is 24.3 Å². The van der Waals surface area contributed by atoms with Gasteiger partial charge in [-0.3, -0.25) is 14.1 Å². The molecule has 0 aromatic heterocycles. The maximum absolute atomic E-state index is 12.0. The average molecular weight is 320 g/mol. The molecule has 2 bridgehead atoms. The molecule has 2 atom stereocenters. The van der Waals surface area contributed by atoms with E-state index in [1.165, 1.54) is 6.08 Å². The van der Waals surface area contributed by atoms with E-state index in [0.29, 0.717) is 5.06 Å². The van der Waals surface area contributed by atoms with Gasteiger partial charge in [0.15, 0.2) is 0 Å². The summed E-state index contributed by atoms with van der Waals surface area (Å²) in [5.74, 6) is -1.61. The number of nitrogens with zero attached hydrogens (tertiary/aromatic N) is 2. The van der Waals surface area contributed by atoms with Gasteiger partial charge in [-0.2, -0.15) is 13.5 Å². The molecule has 0 radical (unpaired) electrons. The summed E-state index contributed by atoms with van der Waals surface area (Å²) < 4.78 is 34.5. The van der Waals surface area contributed by atoms with Gasteiger partial charge < -0.3 is 16.4 Å². The van der Waals surface area contributed by atoms with Gasteiger partial charge in [0, 0.05) is 6.42 Å². The number of primary amides is 2. The van der Waals surface area contributed by atoms with Gasteiger partial charge in [0.25, 0.3) is 0 Å². The van der Waals surface area contributed by atoms with Gasteiger partial charge in [0.2, 0.25) is 11.8 Å². The van der Waals surface area contributed by atoms with Gasteiger partial charge in [-0.25, -0.2) is 4.79 Å². The molecule has 11 nitrogen and oxygen atoms in total. The molecule has 116 valence electrons. The first-order chi connectivity index (χ1) is 9.60. The van der Waals surface area contributed by atoms with Gasteiger partial charge in [0.1, 0.15) is 12.1 Å². The van der Waals surface area contributed by atoms with Crippen molar-refractivity contribution in [2.24, 2.45) is 11.5 Å². The van der Waals surface area contributed by atoms with Crippen molar-refractivity contribution in [2.75, 3.05) is 6.54 Å². The second-order valence-electron chi connectivity index (χ2n) is 4.51. The molecule has 0 aliphatic carbocycles. The monoisotopic (exact) mass is 320 g/mol. The fraction of sp³-hybridized carbons (Fsp3) is 0.444. The largest absolute Gasteiger partial charge is 0.418 e. The Bertz CT molecular complexity index is 642. The van der Waals surface area contributed by atoms with Crippen LogP contribution in [0.25, 0.3) is 0 Å². The van der Waals surface area contributed by atoms with Gasteiger partial charge in [-0.1, -0.05) is 6.08 Å². The molecule has 2 aliphatic rings. The first-order valence-electron chi connectivity index (χ1n) is 5.65. The summed E-state index contributed by atoms with van der Waals surface area (Å²) in [5, 5.41) is 0.368. The van der Waals surface area contributed by atoms with Crippen LogP contribution in [-0.4, -0.2) is 59.4 Å². The molecular formula is C9H12N4O7S. The average Bonchev–Trinajstić information content (AvgIpc) is 2.56. The number of hydrogen-bond acceptors (Lipinski definition) is 6. The first kappa shape index (κ1) is 15.2. The normalized spacial score (nSPS) is 25.0. The second kappa shape index (κ2) is 4.98. The van der Waals surface area contributed by atoms with Crippen molar-refractivity contribution in [2.45, 2.75) is 18.5 Å². The minimum absolute atomic E-state index is 0.124. The number of carbonyl (C=O) groups excluding carboxylic acids is 3. The Kier molecular flexibility index (Phi) is 3.61. The van der Waals surface area contributed by atoms with Gasteiger partial charge >= 0.3 is 16.4 Å². The molecule has 2 aliphatic heterocycles. The third-order valence-electron chi connectivity index (χ3n) is 3.07. The molecular weight excluding hydrogens is 308 g/mol. The number of hydroxylamine groups is 2. The van der Waals surface area contributed by atoms with Crippen molar-refractivity contribution in [3.8, 4) is 0 Å². The summed E-state index contributed by atoms with van der Waals surface area (Å²) in [4.78, 5) is 35.3. The number of amides is 4. The van der Waals surface area contributed by atoms with Gasteiger partial charge in [-0.15, -0.1) is 4.28 Å². The summed E-state index contributed by atoms with van der Waals surface area (Å²) in [6, 6.07) is -3.10. The van der Waals surface area contributed by atoms with Crippen LogP contribution < -0.4 is 11.5 Å². The van der Waals surface area contributed by atoms with E-state index in [1.807, 2.05) is 0 Å². The SMILES string of the molecule is NC(=O)CC1=C[C@@H](C(N)=O)N2C[C@H]1N(OS(=O)(=O)O)C2=O. The van der Waals surface area contributed by atoms with Crippen molar-refractivity contribution >= 4 is 28.2 Å². The zero-order chi connectivity index (χ0) is 15.9. The molecule has 2 heterocycles. The topological polar surface area (TPSA) is 173 Å². The van der Waals surface area contributed by atoms with Crippen molar-refractivity contribution in [1.29, 1.82) is 0 Å². The number of carbonyl (C=O) groups is 3. The molecule has 0 aromatic rings. The Morgan fingerprint density at radius 1 is 1.43 bits per heavy atom. The van der Waals surface area contributed by atoms with Gasteiger partial charge in [-0.05, 0) is 5.57 Å². The third-order valence-corrected chi connectivity index (χ3v) is 3.42. The van der Waals surface area contributed by atoms with E-state index in [9.17, 15) is 22.8 Å². The smallest absolute Gasteiger partial charge is 0.369 e. The summed E-state index contributed by atoms with van der Waals surface area (Å²) >= 11 is 0. The highest BCUT2D eigenvalue weighted by Crippen LogP contribution is 2.32. The van der Waals surface area contributed by atoms with Crippen LogP contribution >= 0.6 is 0 Å².